The van der Waals surface area contributed by atoms with Crippen LogP contribution >= 0.6 is 0 Å². The molecule has 19 heavy (non-hydrogen) atoms. The summed E-state index contributed by atoms with van der Waals surface area (Å²) in [6.45, 7) is 4.53. The summed E-state index contributed by atoms with van der Waals surface area (Å²) in [6.07, 6.45) is 5.21. The first-order valence-electron chi connectivity index (χ1n) is 6.25. The molecule has 4 heteroatoms. The molecule has 0 spiro atoms. The number of hydrogen-bond acceptors (Lipinski definition) is 4. The Labute approximate surface area is 112 Å². The standard InChI is InChI=1S/C15H16N2O2/c1-3-6-19-14-5-4-12(10-18)15(7-14)13-8-16-11(2)17-9-13/h4-5,7-10H,3,6H2,1-2H3. The highest BCUT2D eigenvalue weighted by molar-refractivity contribution is 5.87. The zero-order valence-corrected chi connectivity index (χ0v) is 11.1. The molecule has 2 rings (SSSR count). The number of carbonyl (C=O) groups is 1. The second kappa shape index (κ2) is 6.09. The third-order valence-corrected chi connectivity index (χ3v) is 2.72. The number of carbonyl (C=O) groups excluding carboxylic acids is 1. The highest BCUT2D eigenvalue weighted by Crippen LogP contribution is 2.26. The van der Waals surface area contributed by atoms with Crippen molar-refractivity contribution in [3.8, 4) is 16.9 Å². The molecule has 4 nitrogen and oxygen atoms in total. The zero-order valence-electron chi connectivity index (χ0n) is 11.1. The van der Waals surface area contributed by atoms with Crippen LogP contribution in [-0.4, -0.2) is 22.9 Å². The predicted octanol–water partition coefficient (Wildman–Crippen LogP) is 3.05. The van der Waals surface area contributed by atoms with Gasteiger partial charge in [-0.05, 0) is 37.1 Å². The summed E-state index contributed by atoms with van der Waals surface area (Å²) in [5.74, 6) is 1.46. The Morgan fingerprint density at radius 3 is 2.63 bits per heavy atom. The molecule has 0 fully saturated rings. The lowest BCUT2D eigenvalue weighted by molar-refractivity contribution is 0.112. The summed E-state index contributed by atoms with van der Waals surface area (Å²) in [4.78, 5) is 19.4. The Kier molecular flexibility index (Phi) is 4.23. The van der Waals surface area contributed by atoms with Gasteiger partial charge in [-0.15, -0.1) is 0 Å². The third-order valence-electron chi connectivity index (χ3n) is 2.72. The lowest BCUT2D eigenvalue weighted by Crippen LogP contribution is -1.97. The topological polar surface area (TPSA) is 52.1 Å². The van der Waals surface area contributed by atoms with E-state index in [0.717, 1.165) is 29.6 Å². The number of hydrogen-bond donors (Lipinski definition) is 0. The van der Waals surface area contributed by atoms with E-state index in [-0.39, 0.29) is 0 Å². The predicted molar refractivity (Wildman–Crippen MR) is 73.4 cm³/mol. The van der Waals surface area contributed by atoms with E-state index >= 15 is 0 Å². The van der Waals surface area contributed by atoms with Gasteiger partial charge in [0.05, 0.1) is 6.61 Å². The van der Waals surface area contributed by atoms with E-state index in [1.165, 1.54) is 0 Å². The van der Waals surface area contributed by atoms with Crippen molar-refractivity contribution >= 4 is 6.29 Å². The highest BCUT2D eigenvalue weighted by Gasteiger charge is 2.07. The fourth-order valence-corrected chi connectivity index (χ4v) is 1.73. The molecular weight excluding hydrogens is 240 g/mol. The van der Waals surface area contributed by atoms with Crippen LogP contribution in [0.4, 0.5) is 0 Å². The Bertz CT molecular complexity index is 565. The minimum absolute atomic E-state index is 0.608. The van der Waals surface area contributed by atoms with Gasteiger partial charge in [0.2, 0.25) is 0 Å². The van der Waals surface area contributed by atoms with Crippen LogP contribution in [0.15, 0.2) is 30.6 Å². The van der Waals surface area contributed by atoms with Crippen LogP contribution in [0.1, 0.15) is 29.5 Å². The van der Waals surface area contributed by atoms with Crippen molar-refractivity contribution < 1.29 is 9.53 Å². The monoisotopic (exact) mass is 256 g/mol. The molecular formula is C15H16N2O2. The molecule has 0 saturated carbocycles. The van der Waals surface area contributed by atoms with E-state index in [1.54, 1.807) is 24.5 Å². The highest BCUT2D eigenvalue weighted by atomic mass is 16.5. The third kappa shape index (κ3) is 3.16. The average Bonchev–Trinajstić information content (AvgIpc) is 2.45. The van der Waals surface area contributed by atoms with Gasteiger partial charge >= 0.3 is 0 Å². The smallest absolute Gasteiger partial charge is 0.150 e. The molecule has 0 saturated heterocycles. The van der Waals surface area contributed by atoms with Crippen LogP contribution < -0.4 is 4.74 Å². The molecule has 1 aromatic heterocycles. The maximum Gasteiger partial charge on any atom is 0.150 e. The lowest BCUT2D eigenvalue weighted by atomic mass is 10.0. The molecule has 0 aliphatic carbocycles. The molecule has 0 aliphatic rings. The van der Waals surface area contributed by atoms with Crippen LogP contribution in [0.2, 0.25) is 0 Å². The number of rotatable bonds is 5. The number of aldehydes is 1. The first-order valence-corrected chi connectivity index (χ1v) is 6.25. The largest absolute Gasteiger partial charge is 0.494 e. The summed E-state index contributed by atoms with van der Waals surface area (Å²) in [7, 11) is 0. The van der Waals surface area contributed by atoms with E-state index in [2.05, 4.69) is 16.9 Å². The SMILES string of the molecule is CCCOc1ccc(C=O)c(-c2cnc(C)nc2)c1. The summed E-state index contributed by atoms with van der Waals surface area (Å²) < 4.78 is 5.58. The number of aryl methyl sites for hydroxylation is 1. The van der Waals surface area contributed by atoms with Crippen LogP contribution in [0.5, 0.6) is 5.75 Å². The molecule has 0 bridgehead atoms. The fourth-order valence-electron chi connectivity index (χ4n) is 1.73. The minimum atomic E-state index is 0.608. The first kappa shape index (κ1) is 13.2. The molecule has 0 atom stereocenters. The molecule has 1 heterocycles. The van der Waals surface area contributed by atoms with Crippen LogP contribution in [0, 0.1) is 6.92 Å². The van der Waals surface area contributed by atoms with Gasteiger partial charge in [0.25, 0.3) is 0 Å². The molecule has 0 unspecified atom stereocenters. The summed E-state index contributed by atoms with van der Waals surface area (Å²) in [5, 5.41) is 0. The van der Waals surface area contributed by atoms with Crippen LogP contribution in [0.3, 0.4) is 0 Å². The van der Waals surface area contributed by atoms with Crippen molar-refractivity contribution in [3.05, 3.63) is 42.0 Å². The van der Waals surface area contributed by atoms with Crippen molar-refractivity contribution in [2.45, 2.75) is 20.3 Å². The van der Waals surface area contributed by atoms with Gasteiger partial charge in [0.1, 0.15) is 11.6 Å². The zero-order chi connectivity index (χ0) is 13.7. The van der Waals surface area contributed by atoms with Crippen molar-refractivity contribution in [1.29, 1.82) is 0 Å². The van der Waals surface area contributed by atoms with Gasteiger partial charge in [-0.1, -0.05) is 6.92 Å². The molecule has 0 N–H and O–H groups in total. The quantitative estimate of drug-likeness (QED) is 0.771. The van der Waals surface area contributed by atoms with Crippen molar-refractivity contribution in [2.24, 2.45) is 0 Å². The van der Waals surface area contributed by atoms with Gasteiger partial charge in [-0.25, -0.2) is 9.97 Å². The van der Waals surface area contributed by atoms with Gasteiger partial charge in [0.15, 0.2) is 6.29 Å². The van der Waals surface area contributed by atoms with Crippen molar-refractivity contribution in [1.82, 2.24) is 9.97 Å². The summed E-state index contributed by atoms with van der Waals surface area (Å²) in [6, 6.07) is 5.42. The molecule has 0 amide bonds. The maximum absolute atomic E-state index is 11.1. The van der Waals surface area contributed by atoms with E-state index in [1.807, 2.05) is 13.0 Å². The van der Waals surface area contributed by atoms with Crippen molar-refractivity contribution in [3.63, 3.8) is 0 Å². The van der Waals surface area contributed by atoms with Crippen molar-refractivity contribution in [2.75, 3.05) is 6.61 Å². The van der Waals surface area contributed by atoms with Gasteiger partial charge in [0, 0.05) is 23.5 Å². The lowest BCUT2D eigenvalue weighted by Gasteiger charge is -2.09. The second-order valence-electron chi connectivity index (χ2n) is 4.23. The Balaban J connectivity index is 2.40. The Morgan fingerprint density at radius 2 is 2.00 bits per heavy atom. The normalized spacial score (nSPS) is 10.2. The number of benzene rings is 1. The molecule has 98 valence electrons. The van der Waals surface area contributed by atoms with Gasteiger partial charge in [-0.3, -0.25) is 4.79 Å². The molecule has 0 aliphatic heterocycles. The summed E-state index contributed by atoms with van der Waals surface area (Å²) in [5.41, 5.74) is 2.22. The Hall–Kier alpha value is -2.23. The van der Waals surface area contributed by atoms with Crippen LogP contribution in [-0.2, 0) is 0 Å². The van der Waals surface area contributed by atoms with E-state index in [4.69, 9.17) is 4.74 Å². The van der Waals surface area contributed by atoms with E-state index in [9.17, 15) is 4.79 Å². The Morgan fingerprint density at radius 1 is 1.26 bits per heavy atom. The fraction of sp³-hybridized carbons (Fsp3) is 0.267. The van der Waals surface area contributed by atoms with E-state index in [0.29, 0.717) is 18.0 Å². The van der Waals surface area contributed by atoms with E-state index < -0.39 is 0 Å². The molecule has 1 aromatic carbocycles. The maximum atomic E-state index is 11.1. The second-order valence-corrected chi connectivity index (χ2v) is 4.23. The number of aromatic nitrogens is 2. The minimum Gasteiger partial charge on any atom is -0.494 e. The number of nitrogens with zero attached hydrogens (tertiary/aromatic N) is 2. The summed E-state index contributed by atoms with van der Waals surface area (Å²) >= 11 is 0. The average molecular weight is 256 g/mol. The molecule has 0 radical (unpaired) electrons. The molecule has 2 aromatic rings. The van der Waals surface area contributed by atoms with Gasteiger partial charge in [-0.2, -0.15) is 0 Å². The van der Waals surface area contributed by atoms with Crippen LogP contribution in [0.25, 0.3) is 11.1 Å². The number of ether oxygens (including phenoxy) is 1. The van der Waals surface area contributed by atoms with Gasteiger partial charge < -0.3 is 4.74 Å². The first-order chi connectivity index (χ1) is 9.24.